The van der Waals surface area contributed by atoms with Crippen molar-refractivity contribution in [2.24, 2.45) is 5.73 Å². The van der Waals surface area contributed by atoms with Gasteiger partial charge in [0.2, 0.25) is 0 Å². The summed E-state index contributed by atoms with van der Waals surface area (Å²) in [5.74, 6) is 1.51. The highest BCUT2D eigenvalue weighted by molar-refractivity contribution is 9.10. The standard InChI is InChI=1S/C12H16BrNO3S/c1-8(12(14)18)16-5-6-17-11-4-3-9(15-2)7-10(11)13/h3-4,7-8H,5-6H2,1-2H3,(H2,14,18). The summed E-state index contributed by atoms with van der Waals surface area (Å²) in [7, 11) is 1.62. The summed E-state index contributed by atoms with van der Waals surface area (Å²) in [6, 6.07) is 5.51. The molecular formula is C12H16BrNO3S. The fourth-order valence-electron chi connectivity index (χ4n) is 1.18. The Labute approximate surface area is 121 Å². The van der Waals surface area contributed by atoms with E-state index in [1.165, 1.54) is 0 Å². The monoisotopic (exact) mass is 333 g/mol. The predicted octanol–water partition coefficient (Wildman–Crippen LogP) is 2.53. The summed E-state index contributed by atoms with van der Waals surface area (Å²) < 4.78 is 16.9. The Morgan fingerprint density at radius 3 is 2.72 bits per heavy atom. The van der Waals surface area contributed by atoms with Crippen molar-refractivity contribution in [3.8, 4) is 11.5 Å². The molecule has 1 aromatic carbocycles. The van der Waals surface area contributed by atoms with Crippen LogP contribution >= 0.6 is 28.1 Å². The molecule has 0 saturated carbocycles. The van der Waals surface area contributed by atoms with Gasteiger partial charge in [-0.2, -0.15) is 0 Å². The van der Waals surface area contributed by atoms with Gasteiger partial charge in [0.1, 0.15) is 29.2 Å². The highest BCUT2D eigenvalue weighted by atomic mass is 79.9. The lowest BCUT2D eigenvalue weighted by Gasteiger charge is -2.13. The second-order valence-electron chi connectivity index (χ2n) is 3.56. The zero-order chi connectivity index (χ0) is 13.5. The maximum Gasteiger partial charge on any atom is 0.133 e. The summed E-state index contributed by atoms with van der Waals surface area (Å²) in [6.45, 7) is 2.67. The number of benzene rings is 1. The van der Waals surface area contributed by atoms with E-state index in [2.05, 4.69) is 15.9 Å². The second kappa shape index (κ2) is 7.56. The molecule has 0 amide bonds. The zero-order valence-corrected chi connectivity index (χ0v) is 12.7. The molecule has 1 rings (SSSR count). The van der Waals surface area contributed by atoms with E-state index in [1.807, 2.05) is 25.1 Å². The first-order chi connectivity index (χ1) is 8.54. The van der Waals surface area contributed by atoms with Crippen LogP contribution in [0.15, 0.2) is 22.7 Å². The molecule has 0 saturated heterocycles. The molecule has 100 valence electrons. The molecule has 1 unspecified atom stereocenters. The number of methoxy groups -OCH3 is 1. The minimum Gasteiger partial charge on any atom is -0.497 e. The van der Waals surface area contributed by atoms with Gasteiger partial charge in [-0.05, 0) is 41.1 Å². The fraction of sp³-hybridized carbons (Fsp3) is 0.417. The van der Waals surface area contributed by atoms with E-state index in [9.17, 15) is 0 Å². The van der Waals surface area contributed by atoms with Crippen molar-refractivity contribution in [1.29, 1.82) is 0 Å². The van der Waals surface area contributed by atoms with Gasteiger partial charge in [0.15, 0.2) is 0 Å². The number of ether oxygens (including phenoxy) is 3. The molecule has 0 spiro atoms. The molecule has 6 heteroatoms. The van der Waals surface area contributed by atoms with E-state index in [0.29, 0.717) is 18.2 Å². The van der Waals surface area contributed by atoms with Crippen LogP contribution < -0.4 is 15.2 Å². The highest BCUT2D eigenvalue weighted by Crippen LogP contribution is 2.28. The quantitative estimate of drug-likeness (QED) is 0.613. The van der Waals surface area contributed by atoms with Gasteiger partial charge >= 0.3 is 0 Å². The molecule has 18 heavy (non-hydrogen) atoms. The Balaban J connectivity index is 2.38. The van der Waals surface area contributed by atoms with E-state index < -0.39 is 0 Å². The smallest absolute Gasteiger partial charge is 0.133 e. The van der Waals surface area contributed by atoms with Crippen molar-refractivity contribution < 1.29 is 14.2 Å². The molecule has 1 atom stereocenters. The first-order valence-corrected chi connectivity index (χ1v) is 6.62. The van der Waals surface area contributed by atoms with E-state index in [0.717, 1.165) is 16.0 Å². The number of rotatable bonds is 7. The number of halogens is 1. The Morgan fingerprint density at radius 1 is 1.44 bits per heavy atom. The third kappa shape index (κ3) is 4.80. The van der Waals surface area contributed by atoms with E-state index in [-0.39, 0.29) is 6.10 Å². The van der Waals surface area contributed by atoms with Crippen LogP contribution in [0.3, 0.4) is 0 Å². The molecule has 0 heterocycles. The third-order valence-electron chi connectivity index (χ3n) is 2.25. The Morgan fingerprint density at radius 2 is 2.17 bits per heavy atom. The predicted molar refractivity (Wildman–Crippen MR) is 78.4 cm³/mol. The van der Waals surface area contributed by atoms with Crippen molar-refractivity contribution in [2.45, 2.75) is 13.0 Å². The highest BCUT2D eigenvalue weighted by Gasteiger charge is 2.06. The maximum atomic E-state index is 5.55. The molecule has 0 aliphatic carbocycles. The van der Waals surface area contributed by atoms with Gasteiger partial charge in [0, 0.05) is 0 Å². The van der Waals surface area contributed by atoms with E-state index >= 15 is 0 Å². The summed E-state index contributed by atoms with van der Waals surface area (Å²) in [4.78, 5) is 0.348. The molecule has 0 bridgehead atoms. The van der Waals surface area contributed by atoms with Gasteiger partial charge in [-0.15, -0.1) is 0 Å². The molecule has 0 aliphatic rings. The van der Waals surface area contributed by atoms with Gasteiger partial charge in [0.25, 0.3) is 0 Å². The molecule has 4 nitrogen and oxygen atoms in total. The van der Waals surface area contributed by atoms with E-state index in [1.54, 1.807) is 7.11 Å². The third-order valence-corrected chi connectivity index (χ3v) is 3.20. The molecular weight excluding hydrogens is 318 g/mol. The number of thiocarbonyl (C=S) groups is 1. The van der Waals surface area contributed by atoms with Gasteiger partial charge in [0.05, 0.1) is 18.2 Å². The molecule has 0 radical (unpaired) electrons. The van der Waals surface area contributed by atoms with Gasteiger partial charge < -0.3 is 19.9 Å². The normalized spacial score (nSPS) is 11.9. The van der Waals surface area contributed by atoms with Crippen molar-refractivity contribution in [3.05, 3.63) is 22.7 Å². The minimum atomic E-state index is -0.233. The topological polar surface area (TPSA) is 53.7 Å². The van der Waals surface area contributed by atoms with Gasteiger partial charge in [-0.1, -0.05) is 12.2 Å². The van der Waals surface area contributed by atoms with Crippen molar-refractivity contribution in [1.82, 2.24) is 0 Å². The SMILES string of the molecule is COc1ccc(OCCOC(C)C(N)=S)c(Br)c1. The lowest BCUT2D eigenvalue weighted by molar-refractivity contribution is 0.0808. The average Bonchev–Trinajstić information content (AvgIpc) is 2.35. The lowest BCUT2D eigenvalue weighted by atomic mass is 10.3. The van der Waals surface area contributed by atoms with Crippen LogP contribution in [0.2, 0.25) is 0 Å². The second-order valence-corrected chi connectivity index (χ2v) is 4.89. The van der Waals surface area contributed by atoms with E-state index in [4.69, 9.17) is 32.2 Å². The lowest BCUT2D eigenvalue weighted by Crippen LogP contribution is -2.27. The zero-order valence-electron chi connectivity index (χ0n) is 10.3. The van der Waals surface area contributed by atoms with Crippen molar-refractivity contribution in [3.63, 3.8) is 0 Å². The number of hydrogen-bond acceptors (Lipinski definition) is 4. The Bertz CT molecular complexity index is 414. The van der Waals surface area contributed by atoms with Crippen LogP contribution in [0.25, 0.3) is 0 Å². The number of nitrogens with two attached hydrogens (primary N) is 1. The van der Waals surface area contributed by atoms with Crippen LogP contribution in [0.1, 0.15) is 6.92 Å². The minimum absolute atomic E-state index is 0.233. The first kappa shape index (κ1) is 15.2. The van der Waals surface area contributed by atoms with Crippen LogP contribution in [-0.2, 0) is 4.74 Å². The van der Waals surface area contributed by atoms with Crippen LogP contribution in [0, 0.1) is 0 Å². The van der Waals surface area contributed by atoms with Gasteiger partial charge in [-0.25, -0.2) is 0 Å². The average molecular weight is 334 g/mol. The maximum absolute atomic E-state index is 5.55. The van der Waals surface area contributed by atoms with Crippen LogP contribution in [0.4, 0.5) is 0 Å². The first-order valence-electron chi connectivity index (χ1n) is 5.42. The molecule has 0 aliphatic heterocycles. The molecule has 2 N–H and O–H groups in total. The summed E-state index contributed by atoms with van der Waals surface area (Å²) in [6.07, 6.45) is -0.233. The Hall–Kier alpha value is -0.850. The largest absolute Gasteiger partial charge is 0.497 e. The fourth-order valence-corrected chi connectivity index (χ4v) is 1.72. The van der Waals surface area contributed by atoms with Crippen molar-refractivity contribution >= 4 is 33.1 Å². The Kier molecular flexibility index (Phi) is 6.38. The summed E-state index contributed by atoms with van der Waals surface area (Å²) in [5, 5.41) is 0. The summed E-state index contributed by atoms with van der Waals surface area (Å²) in [5.41, 5.74) is 5.43. The number of hydrogen-bond donors (Lipinski definition) is 1. The van der Waals surface area contributed by atoms with Crippen LogP contribution in [-0.4, -0.2) is 31.4 Å². The molecule has 0 fully saturated rings. The van der Waals surface area contributed by atoms with Crippen LogP contribution in [0.5, 0.6) is 11.5 Å². The molecule has 0 aromatic heterocycles. The van der Waals surface area contributed by atoms with Crippen molar-refractivity contribution in [2.75, 3.05) is 20.3 Å². The summed E-state index contributed by atoms with van der Waals surface area (Å²) >= 11 is 8.21. The molecule has 1 aromatic rings. The van der Waals surface area contributed by atoms with Gasteiger partial charge in [-0.3, -0.25) is 0 Å².